The van der Waals surface area contributed by atoms with E-state index in [-0.39, 0.29) is 12.1 Å². The van der Waals surface area contributed by atoms with Crippen LogP contribution in [-0.4, -0.2) is 46.2 Å². The van der Waals surface area contributed by atoms with Crippen LogP contribution >= 0.6 is 0 Å². The molecule has 2 aromatic rings. The molecule has 1 aromatic heterocycles. The van der Waals surface area contributed by atoms with E-state index in [4.69, 9.17) is 4.74 Å². The number of nitrogens with zero attached hydrogens (tertiary/aromatic N) is 3. The van der Waals surface area contributed by atoms with Crippen LogP contribution in [0.1, 0.15) is 44.2 Å². The van der Waals surface area contributed by atoms with E-state index in [1.807, 2.05) is 29.9 Å². The molecule has 148 valence electrons. The third-order valence-corrected chi connectivity index (χ3v) is 6.34. The third kappa shape index (κ3) is 2.85. The molecule has 2 N–H and O–H groups in total. The maximum absolute atomic E-state index is 11.9. The van der Waals surface area contributed by atoms with E-state index in [0.29, 0.717) is 6.04 Å². The lowest BCUT2D eigenvalue weighted by Crippen LogP contribution is -2.43. The number of nitrogens with one attached hydrogen (secondary N) is 1. The van der Waals surface area contributed by atoms with Gasteiger partial charge in [-0.25, -0.2) is 4.79 Å². The highest BCUT2D eigenvalue weighted by atomic mass is 16.5. The van der Waals surface area contributed by atoms with E-state index < -0.39 is 6.09 Å². The van der Waals surface area contributed by atoms with E-state index in [9.17, 15) is 9.90 Å². The van der Waals surface area contributed by atoms with Gasteiger partial charge in [-0.05, 0) is 51.2 Å². The molecule has 3 aliphatic rings. The molecule has 0 spiro atoms. The molecule has 0 bridgehead atoms. The second kappa shape index (κ2) is 6.81. The number of amides is 1. The Morgan fingerprint density at radius 2 is 2.11 bits per heavy atom. The summed E-state index contributed by atoms with van der Waals surface area (Å²) in [5.41, 5.74) is 3.83. The number of benzene rings is 1. The summed E-state index contributed by atoms with van der Waals surface area (Å²) in [6.45, 7) is 3.86. The van der Waals surface area contributed by atoms with Crippen LogP contribution in [0.3, 0.4) is 0 Å². The minimum Gasteiger partial charge on any atom is -0.489 e. The van der Waals surface area contributed by atoms with Crippen molar-refractivity contribution in [2.24, 2.45) is 0 Å². The highest BCUT2D eigenvalue weighted by Gasteiger charge is 2.33. The Labute approximate surface area is 164 Å². The lowest BCUT2D eigenvalue weighted by molar-refractivity contribution is 0.119. The SMILES string of the molecule is CC1CCc2c(ccc(-c3cnn(C4CNC4)c3)c2OC2CCC2)N1C(=O)O. The molecule has 2 fully saturated rings. The van der Waals surface area contributed by atoms with Crippen LogP contribution < -0.4 is 15.0 Å². The zero-order valence-electron chi connectivity index (χ0n) is 16.1. The zero-order chi connectivity index (χ0) is 19.3. The van der Waals surface area contributed by atoms with Crippen molar-refractivity contribution in [3.05, 3.63) is 30.1 Å². The van der Waals surface area contributed by atoms with Crippen LogP contribution in [-0.2, 0) is 6.42 Å². The predicted octanol–water partition coefficient (Wildman–Crippen LogP) is 3.44. The molecular weight excluding hydrogens is 356 g/mol. The number of aromatic nitrogens is 2. The van der Waals surface area contributed by atoms with E-state index in [1.165, 1.54) is 11.3 Å². The molecule has 0 radical (unpaired) electrons. The standard InChI is InChI=1S/C21H26N4O3/c1-13-5-6-18-19(25(13)21(26)27)8-7-17(20(18)28-16-3-2-4-16)14-9-23-24(12-14)15-10-22-11-15/h7-9,12-13,15-16,22H,2-6,10-11H2,1H3,(H,26,27). The summed E-state index contributed by atoms with van der Waals surface area (Å²) in [5.74, 6) is 0.853. The molecule has 7 heteroatoms. The molecule has 1 unspecified atom stereocenters. The van der Waals surface area contributed by atoms with Gasteiger partial charge in [-0.15, -0.1) is 0 Å². The minimum atomic E-state index is -0.902. The lowest BCUT2D eigenvalue weighted by atomic mass is 9.91. The van der Waals surface area contributed by atoms with E-state index in [2.05, 4.69) is 16.6 Å². The number of hydrogen-bond acceptors (Lipinski definition) is 4. The van der Waals surface area contributed by atoms with Crippen molar-refractivity contribution in [2.75, 3.05) is 18.0 Å². The third-order valence-electron chi connectivity index (χ3n) is 6.34. The van der Waals surface area contributed by atoms with Crippen LogP contribution in [0.15, 0.2) is 24.5 Å². The Hall–Kier alpha value is -2.54. The van der Waals surface area contributed by atoms with Gasteiger partial charge in [0, 0.05) is 42.0 Å². The lowest BCUT2D eigenvalue weighted by Gasteiger charge is -2.36. The number of rotatable bonds is 4. The van der Waals surface area contributed by atoms with Crippen molar-refractivity contribution in [2.45, 2.75) is 57.2 Å². The van der Waals surface area contributed by atoms with Gasteiger partial charge in [0.25, 0.3) is 0 Å². The van der Waals surface area contributed by atoms with Crippen molar-refractivity contribution in [1.29, 1.82) is 0 Å². The molecule has 1 amide bonds. The highest BCUT2D eigenvalue weighted by molar-refractivity contribution is 5.91. The molecule has 1 aromatic carbocycles. The van der Waals surface area contributed by atoms with Gasteiger partial charge >= 0.3 is 6.09 Å². The largest absolute Gasteiger partial charge is 0.489 e. The number of fused-ring (bicyclic) bond motifs is 1. The van der Waals surface area contributed by atoms with Crippen LogP contribution in [0.5, 0.6) is 5.75 Å². The Balaban J connectivity index is 1.58. The van der Waals surface area contributed by atoms with Crippen LogP contribution in [0.4, 0.5) is 10.5 Å². The topological polar surface area (TPSA) is 79.6 Å². The summed E-state index contributed by atoms with van der Waals surface area (Å²) in [6.07, 6.45) is 8.27. The van der Waals surface area contributed by atoms with Gasteiger partial charge in [0.2, 0.25) is 0 Å². The first-order valence-electron chi connectivity index (χ1n) is 10.2. The molecule has 1 aliphatic carbocycles. The number of anilines is 1. The van der Waals surface area contributed by atoms with Gasteiger partial charge in [-0.2, -0.15) is 5.10 Å². The normalized spacial score (nSPS) is 22.3. The van der Waals surface area contributed by atoms with E-state index in [1.54, 1.807) is 0 Å². The summed E-state index contributed by atoms with van der Waals surface area (Å²) in [5, 5.41) is 17.6. The molecule has 3 heterocycles. The van der Waals surface area contributed by atoms with Crippen LogP contribution in [0.25, 0.3) is 11.1 Å². The van der Waals surface area contributed by atoms with Crippen molar-refractivity contribution in [3.8, 4) is 16.9 Å². The Morgan fingerprint density at radius 1 is 1.29 bits per heavy atom. The van der Waals surface area contributed by atoms with Crippen molar-refractivity contribution < 1.29 is 14.6 Å². The van der Waals surface area contributed by atoms with Crippen LogP contribution in [0, 0.1) is 0 Å². The molecule has 7 nitrogen and oxygen atoms in total. The summed E-state index contributed by atoms with van der Waals surface area (Å²) in [7, 11) is 0. The number of hydrogen-bond donors (Lipinski definition) is 2. The molecule has 5 rings (SSSR count). The Bertz CT molecular complexity index is 901. The summed E-state index contributed by atoms with van der Waals surface area (Å²) < 4.78 is 8.46. The molecular formula is C21H26N4O3. The van der Waals surface area contributed by atoms with Gasteiger partial charge in [0.05, 0.1) is 24.0 Å². The zero-order valence-corrected chi connectivity index (χ0v) is 16.1. The number of carbonyl (C=O) groups is 1. The maximum Gasteiger partial charge on any atom is 0.412 e. The van der Waals surface area contributed by atoms with Crippen LogP contribution in [0.2, 0.25) is 0 Å². The van der Waals surface area contributed by atoms with E-state index in [0.717, 1.165) is 66.9 Å². The molecule has 2 aliphatic heterocycles. The second-order valence-electron chi connectivity index (χ2n) is 8.17. The molecule has 1 saturated carbocycles. The molecule has 28 heavy (non-hydrogen) atoms. The average molecular weight is 382 g/mol. The van der Waals surface area contributed by atoms with Gasteiger partial charge in [-0.3, -0.25) is 9.58 Å². The Kier molecular flexibility index (Phi) is 4.27. The van der Waals surface area contributed by atoms with Gasteiger partial charge in [0.15, 0.2) is 0 Å². The fourth-order valence-electron chi connectivity index (χ4n) is 4.25. The number of carboxylic acid groups (broad SMARTS) is 1. The summed E-state index contributed by atoms with van der Waals surface area (Å²) in [4.78, 5) is 13.4. The minimum absolute atomic E-state index is 0.0266. The first-order chi connectivity index (χ1) is 13.6. The quantitative estimate of drug-likeness (QED) is 0.847. The predicted molar refractivity (Wildman–Crippen MR) is 106 cm³/mol. The number of ether oxygens (including phenoxy) is 1. The van der Waals surface area contributed by atoms with Crippen molar-refractivity contribution in [3.63, 3.8) is 0 Å². The Morgan fingerprint density at radius 3 is 2.75 bits per heavy atom. The van der Waals surface area contributed by atoms with Gasteiger partial charge in [-0.1, -0.05) is 0 Å². The second-order valence-corrected chi connectivity index (χ2v) is 8.17. The van der Waals surface area contributed by atoms with E-state index >= 15 is 0 Å². The highest BCUT2D eigenvalue weighted by Crippen LogP contribution is 2.44. The van der Waals surface area contributed by atoms with Crippen molar-refractivity contribution in [1.82, 2.24) is 15.1 Å². The molecule has 1 saturated heterocycles. The van der Waals surface area contributed by atoms with Crippen molar-refractivity contribution >= 4 is 11.8 Å². The smallest absolute Gasteiger partial charge is 0.412 e. The first kappa shape index (κ1) is 17.6. The molecule has 1 atom stereocenters. The fourth-order valence-corrected chi connectivity index (χ4v) is 4.25. The van der Waals surface area contributed by atoms with Gasteiger partial charge in [0.1, 0.15) is 5.75 Å². The maximum atomic E-state index is 11.9. The summed E-state index contributed by atoms with van der Waals surface area (Å²) >= 11 is 0. The fraction of sp³-hybridized carbons (Fsp3) is 0.524. The first-order valence-corrected chi connectivity index (χ1v) is 10.2. The van der Waals surface area contributed by atoms with Gasteiger partial charge < -0.3 is 15.2 Å². The average Bonchev–Trinajstić information content (AvgIpc) is 3.04. The summed E-state index contributed by atoms with van der Waals surface area (Å²) in [6, 6.07) is 4.32. The monoisotopic (exact) mass is 382 g/mol.